The zero-order valence-electron chi connectivity index (χ0n) is 6.33. The van der Waals surface area contributed by atoms with E-state index in [1.165, 1.54) is 0 Å². The molecule has 1 atom stereocenters. The number of rotatable bonds is 2. The van der Waals surface area contributed by atoms with E-state index in [1.54, 1.807) is 0 Å². The van der Waals surface area contributed by atoms with Gasteiger partial charge in [-0.25, -0.2) is 0 Å². The van der Waals surface area contributed by atoms with E-state index >= 15 is 0 Å². The van der Waals surface area contributed by atoms with Gasteiger partial charge in [0, 0.05) is 12.5 Å². The van der Waals surface area contributed by atoms with Crippen molar-refractivity contribution in [3.8, 4) is 6.07 Å². The molecule has 0 bridgehead atoms. The zero-order chi connectivity index (χ0) is 8.10. The van der Waals surface area contributed by atoms with E-state index in [0.717, 1.165) is 12.0 Å². The van der Waals surface area contributed by atoms with Crippen molar-refractivity contribution < 1.29 is 5.11 Å². The first kappa shape index (κ1) is 8.03. The topological polar surface area (TPSA) is 44.0 Å². The van der Waals surface area contributed by atoms with Gasteiger partial charge in [0.15, 0.2) is 0 Å². The molecule has 0 saturated heterocycles. The third-order valence-corrected chi connectivity index (χ3v) is 1.78. The van der Waals surface area contributed by atoms with Crippen LogP contribution >= 0.6 is 0 Å². The van der Waals surface area contributed by atoms with Crippen LogP contribution in [0.2, 0.25) is 0 Å². The first-order valence-electron chi connectivity index (χ1n) is 3.72. The minimum absolute atomic E-state index is 0.201. The van der Waals surface area contributed by atoms with Crippen LogP contribution < -0.4 is 0 Å². The summed E-state index contributed by atoms with van der Waals surface area (Å²) in [6.07, 6.45) is 7.25. The van der Waals surface area contributed by atoms with Crippen LogP contribution in [0.25, 0.3) is 0 Å². The van der Waals surface area contributed by atoms with Crippen LogP contribution in [0.4, 0.5) is 0 Å². The maximum Gasteiger partial charge on any atom is 0.0669 e. The lowest BCUT2D eigenvalue weighted by Gasteiger charge is -2.11. The molecule has 0 aromatic heterocycles. The lowest BCUT2D eigenvalue weighted by atomic mass is 9.96. The van der Waals surface area contributed by atoms with Crippen molar-refractivity contribution in [2.24, 2.45) is 5.92 Å². The molecule has 0 saturated carbocycles. The highest BCUT2D eigenvalue weighted by Crippen LogP contribution is 2.17. The van der Waals surface area contributed by atoms with Gasteiger partial charge in [-0.1, -0.05) is 18.2 Å². The predicted molar refractivity (Wildman–Crippen MR) is 42.6 cm³/mol. The molecule has 1 unspecified atom stereocenters. The van der Waals surface area contributed by atoms with Crippen molar-refractivity contribution in [3.05, 3.63) is 23.8 Å². The van der Waals surface area contributed by atoms with E-state index in [4.69, 9.17) is 10.4 Å². The highest BCUT2D eigenvalue weighted by Gasteiger charge is 2.05. The molecule has 0 spiro atoms. The van der Waals surface area contributed by atoms with Gasteiger partial charge >= 0.3 is 0 Å². The summed E-state index contributed by atoms with van der Waals surface area (Å²) in [6.45, 7) is 0.201. The Hall–Kier alpha value is -1.07. The van der Waals surface area contributed by atoms with Crippen molar-refractivity contribution >= 4 is 0 Å². The molecule has 0 aromatic carbocycles. The van der Waals surface area contributed by atoms with Gasteiger partial charge in [-0.2, -0.15) is 5.26 Å². The Labute approximate surface area is 66.5 Å². The fraction of sp³-hybridized carbons (Fsp3) is 0.444. The standard InChI is InChI=1S/C9H11NO/c10-6-5-8-1-3-9(7-11)4-2-8/h1-3,9,11H,4-5,7H2. The SMILES string of the molecule is N#CCC1=CCC(CO)C=C1. The van der Waals surface area contributed by atoms with Gasteiger partial charge in [0.25, 0.3) is 0 Å². The third kappa shape index (κ3) is 2.21. The summed E-state index contributed by atoms with van der Waals surface area (Å²) in [4.78, 5) is 0. The van der Waals surface area contributed by atoms with E-state index in [0.29, 0.717) is 6.42 Å². The number of allylic oxidation sites excluding steroid dienone is 3. The highest BCUT2D eigenvalue weighted by molar-refractivity contribution is 5.26. The quantitative estimate of drug-likeness (QED) is 0.644. The Balaban J connectivity index is 2.47. The fourth-order valence-corrected chi connectivity index (χ4v) is 1.07. The van der Waals surface area contributed by atoms with Crippen molar-refractivity contribution in [2.75, 3.05) is 6.61 Å². The minimum Gasteiger partial charge on any atom is -0.396 e. The summed E-state index contributed by atoms with van der Waals surface area (Å²) < 4.78 is 0. The molecular weight excluding hydrogens is 138 g/mol. The summed E-state index contributed by atoms with van der Waals surface area (Å²) >= 11 is 0. The summed E-state index contributed by atoms with van der Waals surface area (Å²) in [6, 6.07) is 2.09. The van der Waals surface area contributed by atoms with Gasteiger partial charge in [0.05, 0.1) is 12.5 Å². The van der Waals surface area contributed by atoms with Crippen molar-refractivity contribution in [2.45, 2.75) is 12.8 Å². The van der Waals surface area contributed by atoms with Gasteiger partial charge in [0.2, 0.25) is 0 Å². The van der Waals surface area contributed by atoms with Gasteiger partial charge in [-0.05, 0) is 12.0 Å². The average molecular weight is 149 g/mol. The summed E-state index contributed by atoms with van der Waals surface area (Å²) in [5.41, 5.74) is 1.07. The van der Waals surface area contributed by atoms with Crippen LogP contribution in [0.15, 0.2) is 23.8 Å². The lowest BCUT2D eigenvalue weighted by Crippen LogP contribution is -2.04. The van der Waals surface area contributed by atoms with Gasteiger partial charge in [-0.15, -0.1) is 0 Å². The monoisotopic (exact) mass is 149 g/mol. The van der Waals surface area contributed by atoms with E-state index in [9.17, 15) is 0 Å². The largest absolute Gasteiger partial charge is 0.396 e. The van der Waals surface area contributed by atoms with E-state index < -0.39 is 0 Å². The molecular formula is C9H11NO. The Morgan fingerprint density at radius 2 is 2.55 bits per heavy atom. The van der Waals surface area contributed by atoms with E-state index in [-0.39, 0.29) is 12.5 Å². The Kier molecular flexibility index (Phi) is 2.88. The van der Waals surface area contributed by atoms with Crippen LogP contribution in [0.5, 0.6) is 0 Å². The Morgan fingerprint density at radius 3 is 3.00 bits per heavy atom. The highest BCUT2D eigenvalue weighted by atomic mass is 16.3. The first-order chi connectivity index (χ1) is 5.36. The molecule has 0 heterocycles. The minimum atomic E-state index is 0.201. The number of hydrogen-bond acceptors (Lipinski definition) is 2. The Bertz CT molecular complexity index is 222. The second kappa shape index (κ2) is 3.95. The molecule has 0 aromatic rings. The molecule has 58 valence electrons. The summed E-state index contributed by atoms with van der Waals surface area (Å²) in [5, 5.41) is 17.1. The molecule has 0 radical (unpaired) electrons. The number of nitriles is 1. The average Bonchev–Trinajstić information content (AvgIpc) is 2.07. The second-order valence-electron chi connectivity index (χ2n) is 2.65. The van der Waals surface area contributed by atoms with Crippen LogP contribution in [-0.2, 0) is 0 Å². The van der Waals surface area contributed by atoms with Crippen molar-refractivity contribution in [3.63, 3.8) is 0 Å². The van der Waals surface area contributed by atoms with Crippen LogP contribution in [0.3, 0.4) is 0 Å². The molecule has 1 aliphatic carbocycles. The lowest BCUT2D eigenvalue weighted by molar-refractivity contribution is 0.253. The fourth-order valence-electron chi connectivity index (χ4n) is 1.07. The smallest absolute Gasteiger partial charge is 0.0669 e. The van der Waals surface area contributed by atoms with Crippen molar-refractivity contribution in [1.29, 1.82) is 5.26 Å². The molecule has 11 heavy (non-hydrogen) atoms. The van der Waals surface area contributed by atoms with E-state index in [1.807, 2.05) is 18.2 Å². The molecule has 0 amide bonds. The molecule has 0 aliphatic heterocycles. The summed E-state index contributed by atoms with van der Waals surface area (Å²) in [7, 11) is 0. The Morgan fingerprint density at radius 1 is 1.73 bits per heavy atom. The summed E-state index contributed by atoms with van der Waals surface area (Å²) in [5.74, 6) is 0.262. The number of nitrogens with zero attached hydrogens (tertiary/aromatic N) is 1. The van der Waals surface area contributed by atoms with Crippen LogP contribution in [-0.4, -0.2) is 11.7 Å². The van der Waals surface area contributed by atoms with Gasteiger partial charge in [-0.3, -0.25) is 0 Å². The van der Waals surface area contributed by atoms with Gasteiger partial charge in [0.1, 0.15) is 0 Å². The maximum absolute atomic E-state index is 8.76. The molecule has 1 aliphatic rings. The van der Waals surface area contributed by atoms with Crippen LogP contribution in [0.1, 0.15) is 12.8 Å². The molecule has 2 nitrogen and oxygen atoms in total. The molecule has 1 N–H and O–H groups in total. The normalized spacial score (nSPS) is 22.5. The predicted octanol–water partition coefficient (Wildman–Crippen LogP) is 1.39. The molecule has 1 rings (SSSR count). The van der Waals surface area contributed by atoms with Gasteiger partial charge < -0.3 is 5.11 Å². The number of hydrogen-bond donors (Lipinski definition) is 1. The molecule has 0 fully saturated rings. The maximum atomic E-state index is 8.76. The second-order valence-corrected chi connectivity index (χ2v) is 2.65. The van der Waals surface area contributed by atoms with Crippen LogP contribution in [0, 0.1) is 17.2 Å². The van der Waals surface area contributed by atoms with E-state index in [2.05, 4.69) is 6.07 Å². The number of aliphatic hydroxyl groups excluding tert-OH is 1. The molecule has 2 heteroatoms. The zero-order valence-corrected chi connectivity index (χ0v) is 6.33. The first-order valence-corrected chi connectivity index (χ1v) is 3.72. The van der Waals surface area contributed by atoms with Crippen molar-refractivity contribution in [1.82, 2.24) is 0 Å². The third-order valence-electron chi connectivity index (χ3n) is 1.78. The number of aliphatic hydroxyl groups is 1.